The fourth-order valence-electron chi connectivity index (χ4n) is 2.83. The first-order chi connectivity index (χ1) is 12.7. The first-order valence-corrected chi connectivity index (χ1v) is 7.88. The molecule has 0 bridgehead atoms. The maximum atomic E-state index is 13.2. The molecule has 0 aliphatic carbocycles. The number of carbonyl (C=O) groups is 2. The van der Waals surface area contributed by atoms with Crippen LogP contribution in [0.25, 0.3) is 11.3 Å². The molecule has 0 atom stereocenters. The Morgan fingerprint density at radius 1 is 1.00 bits per heavy atom. The van der Waals surface area contributed by atoms with Crippen LogP contribution in [-0.2, 0) is 4.74 Å². The van der Waals surface area contributed by atoms with Gasteiger partial charge in [-0.1, -0.05) is 30.3 Å². The molecule has 2 heterocycles. The lowest BCUT2D eigenvalue weighted by Gasteiger charge is -2.06. The Labute approximate surface area is 148 Å². The van der Waals surface area contributed by atoms with Crippen molar-refractivity contribution in [3.8, 4) is 22.8 Å². The van der Waals surface area contributed by atoms with E-state index < -0.39 is 5.97 Å². The third kappa shape index (κ3) is 2.61. The number of fused-ring (bicyclic) bond motifs is 1. The van der Waals surface area contributed by atoms with Gasteiger partial charge in [0, 0.05) is 11.1 Å². The molecule has 0 N–H and O–H groups in total. The SMILES string of the molecule is COC(=O)c1coc(-c2ccccc2)c1C(=O)c1ccc2c(c1)OCO2. The van der Waals surface area contributed by atoms with Crippen LogP contribution in [0.1, 0.15) is 26.3 Å². The van der Waals surface area contributed by atoms with E-state index >= 15 is 0 Å². The molecule has 2 aromatic carbocycles. The van der Waals surface area contributed by atoms with Gasteiger partial charge < -0.3 is 18.6 Å². The van der Waals surface area contributed by atoms with Crippen molar-refractivity contribution in [2.45, 2.75) is 0 Å². The highest BCUT2D eigenvalue weighted by Gasteiger charge is 2.28. The van der Waals surface area contributed by atoms with Gasteiger partial charge in [-0.3, -0.25) is 4.79 Å². The lowest BCUT2D eigenvalue weighted by Crippen LogP contribution is -2.10. The summed E-state index contributed by atoms with van der Waals surface area (Å²) >= 11 is 0. The zero-order valence-corrected chi connectivity index (χ0v) is 13.9. The van der Waals surface area contributed by atoms with Gasteiger partial charge >= 0.3 is 5.97 Å². The molecule has 0 spiro atoms. The second-order valence-corrected chi connectivity index (χ2v) is 5.61. The molecule has 6 nitrogen and oxygen atoms in total. The molecule has 0 saturated carbocycles. The zero-order chi connectivity index (χ0) is 18.1. The second-order valence-electron chi connectivity index (χ2n) is 5.61. The Kier molecular flexibility index (Phi) is 3.93. The van der Waals surface area contributed by atoms with E-state index in [4.69, 9.17) is 18.6 Å². The van der Waals surface area contributed by atoms with Crippen LogP contribution in [0.3, 0.4) is 0 Å². The fraction of sp³-hybridized carbons (Fsp3) is 0.100. The highest BCUT2D eigenvalue weighted by molar-refractivity contribution is 6.17. The van der Waals surface area contributed by atoms with Gasteiger partial charge in [-0.2, -0.15) is 0 Å². The number of ether oxygens (including phenoxy) is 3. The van der Waals surface area contributed by atoms with E-state index in [9.17, 15) is 9.59 Å². The molecule has 6 heteroatoms. The molecular formula is C20H14O6. The minimum absolute atomic E-state index is 0.0778. The van der Waals surface area contributed by atoms with Gasteiger partial charge in [-0.25, -0.2) is 4.79 Å². The lowest BCUT2D eigenvalue weighted by molar-refractivity contribution is 0.0597. The number of hydrogen-bond acceptors (Lipinski definition) is 6. The first-order valence-electron chi connectivity index (χ1n) is 7.88. The predicted octanol–water partition coefficient (Wildman–Crippen LogP) is 3.69. The van der Waals surface area contributed by atoms with Crippen LogP contribution in [0, 0.1) is 0 Å². The topological polar surface area (TPSA) is 75.0 Å². The summed E-state index contributed by atoms with van der Waals surface area (Å²) in [6.45, 7) is 0.112. The number of ketones is 1. The number of furan rings is 1. The highest BCUT2D eigenvalue weighted by atomic mass is 16.7. The third-order valence-corrected chi connectivity index (χ3v) is 4.09. The lowest BCUT2D eigenvalue weighted by atomic mass is 9.97. The van der Waals surface area contributed by atoms with Gasteiger partial charge in [-0.15, -0.1) is 0 Å². The largest absolute Gasteiger partial charge is 0.465 e. The minimum Gasteiger partial charge on any atom is -0.465 e. The Bertz CT molecular complexity index is 987. The molecule has 3 aromatic rings. The maximum Gasteiger partial charge on any atom is 0.341 e. The molecule has 26 heavy (non-hydrogen) atoms. The average Bonchev–Trinajstić information content (AvgIpc) is 3.33. The van der Waals surface area contributed by atoms with Crippen molar-refractivity contribution < 1.29 is 28.2 Å². The predicted molar refractivity (Wildman–Crippen MR) is 91.5 cm³/mol. The van der Waals surface area contributed by atoms with E-state index in [1.54, 1.807) is 30.3 Å². The summed E-state index contributed by atoms with van der Waals surface area (Å²) in [6.07, 6.45) is 1.24. The van der Waals surface area contributed by atoms with E-state index in [1.165, 1.54) is 13.4 Å². The number of rotatable bonds is 4. The van der Waals surface area contributed by atoms with Crippen LogP contribution in [0.5, 0.6) is 11.5 Å². The smallest absolute Gasteiger partial charge is 0.341 e. The van der Waals surface area contributed by atoms with E-state index in [0.29, 0.717) is 28.4 Å². The van der Waals surface area contributed by atoms with Crippen LogP contribution < -0.4 is 9.47 Å². The number of methoxy groups -OCH3 is 1. The van der Waals surface area contributed by atoms with Crippen LogP contribution in [0.2, 0.25) is 0 Å². The standard InChI is InChI=1S/C20H14O6/c1-23-20(22)14-10-24-19(12-5-3-2-4-6-12)17(14)18(21)13-7-8-15-16(9-13)26-11-25-15/h2-10H,11H2,1H3. The Morgan fingerprint density at radius 3 is 2.54 bits per heavy atom. The molecule has 1 aliphatic rings. The monoisotopic (exact) mass is 350 g/mol. The van der Waals surface area contributed by atoms with Crippen molar-refractivity contribution in [2.24, 2.45) is 0 Å². The van der Waals surface area contributed by atoms with Gasteiger partial charge in [-0.05, 0) is 18.2 Å². The Morgan fingerprint density at radius 2 is 1.77 bits per heavy atom. The molecule has 4 rings (SSSR count). The molecule has 1 aromatic heterocycles. The van der Waals surface area contributed by atoms with Gasteiger partial charge in [0.15, 0.2) is 17.3 Å². The maximum absolute atomic E-state index is 13.2. The summed E-state index contributed by atoms with van der Waals surface area (Å²) in [4.78, 5) is 25.3. The van der Waals surface area contributed by atoms with Crippen molar-refractivity contribution in [2.75, 3.05) is 13.9 Å². The molecule has 0 fully saturated rings. The van der Waals surface area contributed by atoms with Crippen molar-refractivity contribution in [3.05, 3.63) is 71.5 Å². The van der Waals surface area contributed by atoms with Crippen LogP contribution in [-0.4, -0.2) is 25.7 Å². The van der Waals surface area contributed by atoms with Gasteiger partial charge in [0.1, 0.15) is 17.6 Å². The van der Waals surface area contributed by atoms with E-state index in [-0.39, 0.29) is 23.7 Å². The van der Waals surface area contributed by atoms with Gasteiger partial charge in [0.05, 0.1) is 12.7 Å². The summed E-state index contributed by atoms with van der Waals surface area (Å²) in [7, 11) is 1.26. The molecule has 0 radical (unpaired) electrons. The van der Waals surface area contributed by atoms with Crippen molar-refractivity contribution in [1.82, 2.24) is 0 Å². The van der Waals surface area contributed by atoms with Crippen molar-refractivity contribution in [3.63, 3.8) is 0 Å². The summed E-state index contributed by atoms with van der Waals surface area (Å²) in [5.74, 6) is 0.371. The summed E-state index contributed by atoms with van der Waals surface area (Å²) in [6, 6.07) is 14.0. The van der Waals surface area contributed by atoms with Crippen molar-refractivity contribution in [1.29, 1.82) is 0 Å². The third-order valence-electron chi connectivity index (χ3n) is 4.09. The van der Waals surface area contributed by atoms with Crippen LogP contribution in [0.15, 0.2) is 59.2 Å². The highest BCUT2D eigenvalue weighted by Crippen LogP contribution is 2.35. The van der Waals surface area contributed by atoms with Crippen LogP contribution >= 0.6 is 0 Å². The summed E-state index contributed by atoms with van der Waals surface area (Å²) < 4.78 is 21.0. The summed E-state index contributed by atoms with van der Waals surface area (Å²) in [5.41, 5.74) is 1.28. The first kappa shape index (κ1) is 16.0. The molecule has 0 saturated heterocycles. The number of hydrogen-bond donors (Lipinski definition) is 0. The van der Waals surface area contributed by atoms with Gasteiger partial charge in [0.25, 0.3) is 0 Å². The van der Waals surface area contributed by atoms with Crippen molar-refractivity contribution >= 4 is 11.8 Å². The Balaban J connectivity index is 1.84. The normalized spacial score (nSPS) is 12.0. The van der Waals surface area contributed by atoms with Crippen LogP contribution in [0.4, 0.5) is 0 Å². The quantitative estimate of drug-likeness (QED) is 0.528. The number of benzene rings is 2. The average molecular weight is 350 g/mol. The molecule has 0 unspecified atom stereocenters. The summed E-state index contributed by atoms with van der Waals surface area (Å²) in [5, 5.41) is 0. The van der Waals surface area contributed by atoms with E-state index in [2.05, 4.69) is 0 Å². The molecular weight excluding hydrogens is 336 g/mol. The van der Waals surface area contributed by atoms with Gasteiger partial charge in [0.2, 0.25) is 6.79 Å². The molecule has 0 amide bonds. The van der Waals surface area contributed by atoms with E-state index in [1.807, 2.05) is 18.2 Å². The second kappa shape index (κ2) is 6.40. The number of carbonyl (C=O) groups excluding carboxylic acids is 2. The minimum atomic E-state index is -0.639. The fourth-order valence-corrected chi connectivity index (χ4v) is 2.83. The van der Waals surface area contributed by atoms with E-state index in [0.717, 1.165) is 0 Å². The molecule has 1 aliphatic heterocycles. The zero-order valence-electron chi connectivity index (χ0n) is 13.9. The molecule has 130 valence electrons. The number of esters is 1. The Hall–Kier alpha value is -3.54.